The predicted octanol–water partition coefficient (Wildman–Crippen LogP) is 0.267. The molecule has 5 atom stereocenters. The lowest BCUT2D eigenvalue weighted by molar-refractivity contribution is -0.154. The van der Waals surface area contributed by atoms with Gasteiger partial charge in [0.25, 0.3) is 0 Å². The number of carboxylic acid groups (broad SMARTS) is 1. The Hall–Kier alpha value is -1.65. The molecule has 5 heteroatoms. The molecule has 2 bridgehead atoms. The van der Waals surface area contributed by atoms with Gasteiger partial charge in [-0.15, -0.1) is 0 Å². The van der Waals surface area contributed by atoms with Crippen molar-refractivity contribution in [2.24, 2.45) is 23.7 Å². The van der Waals surface area contributed by atoms with Crippen LogP contribution in [-0.2, 0) is 14.4 Å². The number of nitrogens with zero attached hydrogens (tertiary/aromatic N) is 1. The van der Waals surface area contributed by atoms with E-state index in [9.17, 15) is 14.4 Å². The number of hydrogen-bond donors (Lipinski definition) is 1. The molecular formula is C12H13NO4. The van der Waals surface area contributed by atoms with Crippen LogP contribution >= 0.6 is 0 Å². The summed E-state index contributed by atoms with van der Waals surface area (Å²) < 4.78 is 0. The van der Waals surface area contributed by atoms with E-state index in [0.29, 0.717) is 0 Å². The van der Waals surface area contributed by atoms with Crippen molar-refractivity contribution in [3.8, 4) is 0 Å². The molecular weight excluding hydrogens is 222 g/mol. The Labute approximate surface area is 98.1 Å². The molecule has 90 valence electrons. The molecule has 5 nitrogen and oxygen atoms in total. The molecule has 0 aromatic rings. The van der Waals surface area contributed by atoms with Crippen LogP contribution in [0.15, 0.2) is 12.2 Å². The van der Waals surface area contributed by atoms with E-state index in [0.717, 1.165) is 11.3 Å². The lowest BCUT2D eigenvalue weighted by Gasteiger charge is -2.20. The number of rotatable bonds is 2. The number of fused-ring (bicyclic) bond motifs is 5. The summed E-state index contributed by atoms with van der Waals surface area (Å²) in [6.45, 7) is 1.38. The number of likely N-dealkylation sites (tertiary alicyclic amines) is 1. The highest BCUT2D eigenvalue weighted by atomic mass is 16.4. The Morgan fingerprint density at radius 2 is 1.76 bits per heavy atom. The van der Waals surface area contributed by atoms with Crippen molar-refractivity contribution in [2.75, 3.05) is 0 Å². The molecule has 1 heterocycles. The molecule has 1 N–H and O–H groups in total. The second kappa shape index (κ2) is 3.18. The average Bonchev–Trinajstić information content (AvgIpc) is 2.92. The molecule has 3 aliphatic rings. The molecule has 0 aromatic heterocycles. The third-order valence-corrected chi connectivity index (χ3v) is 4.25. The van der Waals surface area contributed by atoms with Crippen molar-refractivity contribution in [2.45, 2.75) is 19.4 Å². The largest absolute Gasteiger partial charge is 0.480 e. The maximum Gasteiger partial charge on any atom is 0.326 e. The van der Waals surface area contributed by atoms with Crippen LogP contribution in [0.3, 0.4) is 0 Å². The number of hydrogen-bond acceptors (Lipinski definition) is 3. The van der Waals surface area contributed by atoms with Crippen LogP contribution in [0.4, 0.5) is 0 Å². The molecule has 1 saturated carbocycles. The van der Waals surface area contributed by atoms with E-state index in [1.807, 2.05) is 12.2 Å². The molecule has 1 aliphatic heterocycles. The van der Waals surface area contributed by atoms with Gasteiger partial charge in [0.15, 0.2) is 0 Å². The summed E-state index contributed by atoms with van der Waals surface area (Å²) in [5.74, 6) is -2.08. The summed E-state index contributed by atoms with van der Waals surface area (Å²) >= 11 is 0. The number of amides is 2. The van der Waals surface area contributed by atoms with Gasteiger partial charge in [-0.1, -0.05) is 12.2 Å². The zero-order valence-electron chi connectivity index (χ0n) is 9.37. The molecule has 0 spiro atoms. The summed E-state index contributed by atoms with van der Waals surface area (Å²) in [5.41, 5.74) is 0. The van der Waals surface area contributed by atoms with Gasteiger partial charge in [-0.2, -0.15) is 0 Å². The van der Waals surface area contributed by atoms with Crippen molar-refractivity contribution >= 4 is 17.8 Å². The Morgan fingerprint density at radius 1 is 1.29 bits per heavy atom. The zero-order valence-corrected chi connectivity index (χ0v) is 9.37. The molecule has 2 fully saturated rings. The minimum atomic E-state index is -1.13. The van der Waals surface area contributed by atoms with Crippen molar-refractivity contribution in [3.05, 3.63) is 12.2 Å². The van der Waals surface area contributed by atoms with Crippen LogP contribution in [0.5, 0.6) is 0 Å². The van der Waals surface area contributed by atoms with Crippen molar-refractivity contribution in [1.29, 1.82) is 0 Å². The highest BCUT2D eigenvalue weighted by molar-refractivity contribution is 6.08. The monoisotopic (exact) mass is 235 g/mol. The lowest BCUT2D eigenvalue weighted by Crippen LogP contribution is -2.44. The topological polar surface area (TPSA) is 74.7 Å². The van der Waals surface area contributed by atoms with E-state index in [1.54, 1.807) is 0 Å². The number of aliphatic carboxylic acids is 1. The van der Waals surface area contributed by atoms with E-state index in [-0.39, 0.29) is 35.5 Å². The van der Waals surface area contributed by atoms with Gasteiger partial charge in [0.05, 0.1) is 11.8 Å². The first-order chi connectivity index (χ1) is 8.02. The number of carboxylic acids is 1. The second-order valence-electron chi connectivity index (χ2n) is 5.06. The second-order valence-corrected chi connectivity index (χ2v) is 5.06. The minimum absolute atomic E-state index is 0.132. The standard InChI is InChI=1S/C12H13NO4/c1-5(12(16)17)13-10(14)8-6-2-3-7(4-6)9(8)11(13)15/h2-3,5-9H,4H2,1H3,(H,16,17)/t5-,6-,7+,8-,9+/m0/s1. The van der Waals surface area contributed by atoms with Crippen molar-refractivity contribution in [1.82, 2.24) is 4.90 Å². The fourth-order valence-electron chi connectivity index (χ4n) is 3.42. The van der Waals surface area contributed by atoms with Gasteiger partial charge in [0.2, 0.25) is 11.8 Å². The van der Waals surface area contributed by atoms with Crippen molar-refractivity contribution < 1.29 is 19.5 Å². The molecule has 2 aliphatic carbocycles. The van der Waals surface area contributed by atoms with E-state index in [4.69, 9.17) is 5.11 Å². The first kappa shape index (κ1) is 10.5. The Morgan fingerprint density at radius 3 is 2.18 bits per heavy atom. The van der Waals surface area contributed by atoms with E-state index >= 15 is 0 Å². The number of imide groups is 1. The third kappa shape index (κ3) is 1.16. The molecule has 0 aromatic carbocycles. The average molecular weight is 235 g/mol. The van der Waals surface area contributed by atoms with Gasteiger partial charge in [-0.25, -0.2) is 4.79 Å². The summed E-state index contributed by atoms with van der Waals surface area (Å²) in [5, 5.41) is 8.93. The van der Waals surface area contributed by atoms with Gasteiger partial charge < -0.3 is 5.11 Å². The van der Waals surface area contributed by atoms with Crippen LogP contribution in [-0.4, -0.2) is 33.8 Å². The highest BCUT2D eigenvalue weighted by Crippen LogP contribution is 2.52. The van der Waals surface area contributed by atoms with E-state index < -0.39 is 12.0 Å². The van der Waals surface area contributed by atoms with E-state index in [1.165, 1.54) is 6.92 Å². The number of allylic oxidation sites excluding steroid dienone is 2. The zero-order chi connectivity index (χ0) is 12.3. The summed E-state index contributed by atoms with van der Waals surface area (Å²) in [7, 11) is 0. The Balaban J connectivity index is 1.95. The van der Waals surface area contributed by atoms with Crippen LogP contribution in [0.1, 0.15) is 13.3 Å². The smallest absolute Gasteiger partial charge is 0.326 e. The van der Waals surface area contributed by atoms with Crippen LogP contribution < -0.4 is 0 Å². The van der Waals surface area contributed by atoms with Gasteiger partial charge in [0.1, 0.15) is 6.04 Å². The SMILES string of the molecule is C[C@@H](C(=O)O)N1C(=O)[C@@H]2[C@H](C1=O)[C@@H]1C=C[C@H]2C1. The quantitative estimate of drug-likeness (QED) is 0.550. The third-order valence-electron chi connectivity index (χ3n) is 4.25. The van der Waals surface area contributed by atoms with Gasteiger partial charge in [0, 0.05) is 0 Å². The summed E-state index contributed by atoms with van der Waals surface area (Å²) in [6.07, 6.45) is 4.85. The fraction of sp³-hybridized carbons (Fsp3) is 0.583. The maximum absolute atomic E-state index is 12.1. The number of carbonyl (C=O) groups is 3. The van der Waals surface area contributed by atoms with Crippen LogP contribution in [0.2, 0.25) is 0 Å². The fourth-order valence-corrected chi connectivity index (χ4v) is 3.42. The van der Waals surface area contributed by atoms with Crippen LogP contribution in [0.25, 0.3) is 0 Å². The van der Waals surface area contributed by atoms with Gasteiger partial charge in [-0.3, -0.25) is 14.5 Å². The minimum Gasteiger partial charge on any atom is -0.480 e. The van der Waals surface area contributed by atoms with Gasteiger partial charge in [-0.05, 0) is 25.2 Å². The first-order valence-corrected chi connectivity index (χ1v) is 5.80. The molecule has 1 saturated heterocycles. The summed E-state index contributed by atoms with van der Waals surface area (Å²) in [4.78, 5) is 36.1. The van der Waals surface area contributed by atoms with Crippen LogP contribution in [0, 0.1) is 23.7 Å². The van der Waals surface area contributed by atoms with Gasteiger partial charge >= 0.3 is 5.97 Å². The Bertz CT molecular complexity index is 425. The molecule has 17 heavy (non-hydrogen) atoms. The highest BCUT2D eigenvalue weighted by Gasteiger charge is 2.60. The molecule has 0 radical (unpaired) electrons. The summed E-state index contributed by atoms with van der Waals surface area (Å²) in [6, 6.07) is -1.06. The maximum atomic E-state index is 12.1. The lowest BCUT2D eigenvalue weighted by atomic mass is 9.85. The molecule has 0 unspecified atom stereocenters. The molecule has 3 rings (SSSR count). The Kier molecular flexibility index (Phi) is 1.97. The predicted molar refractivity (Wildman–Crippen MR) is 56.7 cm³/mol. The van der Waals surface area contributed by atoms with E-state index in [2.05, 4.69) is 0 Å². The van der Waals surface area contributed by atoms with Crippen molar-refractivity contribution in [3.63, 3.8) is 0 Å². The normalized spacial score (nSPS) is 39.9. The number of carbonyl (C=O) groups excluding carboxylic acids is 2. The molecule has 2 amide bonds. The first-order valence-electron chi connectivity index (χ1n) is 5.80.